The van der Waals surface area contributed by atoms with Crippen LogP contribution in [-0.2, 0) is 13.5 Å². The molecule has 0 saturated carbocycles. The Labute approximate surface area is 144 Å². The highest BCUT2D eigenvalue weighted by atomic mass is 32.1. The van der Waals surface area contributed by atoms with Crippen molar-refractivity contribution in [2.45, 2.75) is 12.5 Å². The number of carbonyl (C=O) groups is 1. The van der Waals surface area contributed by atoms with Gasteiger partial charge in [0.25, 0.3) is 5.91 Å². The van der Waals surface area contributed by atoms with Crippen LogP contribution in [0.4, 0.5) is 0 Å². The van der Waals surface area contributed by atoms with Gasteiger partial charge in [0, 0.05) is 24.2 Å². The summed E-state index contributed by atoms with van der Waals surface area (Å²) in [5, 5.41) is 5.09. The number of amides is 1. The first-order valence-corrected chi connectivity index (χ1v) is 8.56. The molecule has 24 heavy (non-hydrogen) atoms. The second-order valence-corrected chi connectivity index (χ2v) is 6.58. The monoisotopic (exact) mass is 338 g/mol. The lowest BCUT2D eigenvalue weighted by Crippen LogP contribution is -2.30. The smallest absolute Gasteiger partial charge is 0.253 e. The standard InChI is InChI=1S/C19H18N2O2S/c1-21-13-15(9-10-18(21)22)19(23)20-16(17-8-5-11-24-17)12-14-6-3-2-4-7-14/h2-11,13,16H,12H2,1H3,(H,20,23)/t16-/m0/s1. The molecule has 0 spiro atoms. The average Bonchev–Trinajstić information content (AvgIpc) is 3.12. The van der Waals surface area contributed by atoms with Gasteiger partial charge < -0.3 is 9.88 Å². The molecule has 0 aliphatic heterocycles. The van der Waals surface area contributed by atoms with E-state index in [4.69, 9.17) is 0 Å². The third kappa shape index (κ3) is 3.81. The summed E-state index contributed by atoms with van der Waals surface area (Å²) in [6, 6.07) is 17.0. The number of pyridine rings is 1. The molecule has 2 aromatic heterocycles. The minimum atomic E-state index is -0.181. The van der Waals surface area contributed by atoms with Crippen LogP contribution in [-0.4, -0.2) is 10.5 Å². The lowest BCUT2D eigenvalue weighted by Gasteiger charge is -2.18. The Balaban J connectivity index is 1.82. The van der Waals surface area contributed by atoms with Gasteiger partial charge in [-0.05, 0) is 29.5 Å². The number of aromatic nitrogens is 1. The van der Waals surface area contributed by atoms with Gasteiger partial charge in [-0.15, -0.1) is 11.3 Å². The molecule has 0 fully saturated rings. The molecule has 3 rings (SSSR count). The normalized spacial score (nSPS) is 11.9. The molecule has 4 nitrogen and oxygen atoms in total. The summed E-state index contributed by atoms with van der Waals surface area (Å²) < 4.78 is 1.41. The zero-order chi connectivity index (χ0) is 16.9. The molecule has 5 heteroatoms. The van der Waals surface area contributed by atoms with Gasteiger partial charge in [0.1, 0.15) is 0 Å². The van der Waals surface area contributed by atoms with E-state index >= 15 is 0 Å². The van der Waals surface area contributed by atoms with Gasteiger partial charge in [-0.25, -0.2) is 0 Å². The molecular weight excluding hydrogens is 320 g/mol. The molecule has 1 N–H and O–H groups in total. The molecule has 0 saturated heterocycles. The van der Waals surface area contributed by atoms with Crippen molar-refractivity contribution >= 4 is 17.2 Å². The van der Waals surface area contributed by atoms with E-state index in [9.17, 15) is 9.59 Å². The Morgan fingerprint density at radius 1 is 1.12 bits per heavy atom. The van der Waals surface area contributed by atoms with Gasteiger partial charge in [-0.3, -0.25) is 9.59 Å². The van der Waals surface area contributed by atoms with Gasteiger partial charge >= 0.3 is 0 Å². The Hall–Kier alpha value is -2.66. The van der Waals surface area contributed by atoms with E-state index in [1.165, 1.54) is 10.6 Å². The number of nitrogens with zero attached hydrogens (tertiary/aromatic N) is 1. The molecule has 0 radical (unpaired) electrons. The first kappa shape index (κ1) is 16.2. The summed E-state index contributed by atoms with van der Waals surface area (Å²) in [6.07, 6.45) is 2.28. The number of carbonyl (C=O) groups excluding carboxylic acids is 1. The van der Waals surface area contributed by atoms with E-state index < -0.39 is 0 Å². The number of benzene rings is 1. The van der Waals surface area contributed by atoms with Crippen LogP contribution in [0.5, 0.6) is 0 Å². The lowest BCUT2D eigenvalue weighted by atomic mass is 10.0. The van der Waals surface area contributed by atoms with Crippen LogP contribution in [0.3, 0.4) is 0 Å². The van der Waals surface area contributed by atoms with Crippen LogP contribution in [0.15, 0.2) is 71.0 Å². The molecule has 2 heterocycles. The second kappa shape index (κ2) is 7.27. The number of hydrogen-bond donors (Lipinski definition) is 1. The molecule has 1 atom stereocenters. The minimum absolute atomic E-state index is 0.0999. The van der Waals surface area contributed by atoms with Crippen molar-refractivity contribution in [2.75, 3.05) is 0 Å². The van der Waals surface area contributed by atoms with Gasteiger partial charge in [0.05, 0.1) is 11.6 Å². The average molecular weight is 338 g/mol. The zero-order valence-corrected chi connectivity index (χ0v) is 14.1. The second-order valence-electron chi connectivity index (χ2n) is 5.60. The van der Waals surface area contributed by atoms with Crippen LogP contribution in [0.2, 0.25) is 0 Å². The quantitative estimate of drug-likeness (QED) is 0.777. The van der Waals surface area contributed by atoms with Crippen molar-refractivity contribution in [3.63, 3.8) is 0 Å². The van der Waals surface area contributed by atoms with Gasteiger partial charge in [0.2, 0.25) is 5.56 Å². The number of aryl methyl sites for hydroxylation is 1. The van der Waals surface area contributed by atoms with Gasteiger partial charge in [0.15, 0.2) is 0 Å². The van der Waals surface area contributed by atoms with E-state index in [0.29, 0.717) is 5.56 Å². The number of nitrogens with one attached hydrogen (secondary N) is 1. The van der Waals surface area contributed by atoms with Crippen molar-refractivity contribution in [3.8, 4) is 0 Å². The summed E-state index contributed by atoms with van der Waals surface area (Å²) in [5.41, 5.74) is 1.51. The summed E-state index contributed by atoms with van der Waals surface area (Å²) in [6.45, 7) is 0. The van der Waals surface area contributed by atoms with E-state index in [1.807, 2.05) is 35.7 Å². The Morgan fingerprint density at radius 3 is 2.58 bits per heavy atom. The lowest BCUT2D eigenvalue weighted by molar-refractivity contribution is 0.0936. The highest BCUT2D eigenvalue weighted by Crippen LogP contribution is 2.23. The predicted octanol–water partition coefficient (Wildman–Crippen LogP) is 3.16. The zero-order valence-electron chi connectivity index (χ0n) is 13.3. The summed E-state index contributed by atoms with van der Waals surface area (Å²) in [5.74, 6) is -0.181. The van der Waals surface area contributed by atoms with Crippen molar-refractivity contribution in [1.29, 1.82) is 0 Å². The molecule has 0 unspecified atom stereocenters. The maximum absolute atomic E-state index is 12.6. The van der Waals surface area contributed by atoms with E-state index in [-0.39, 0.29) is 17.5 Å². The first-order chi connectivity index (χ1) is 11.6. The fourth-order valence-electron chi connectivity index (χ4n) is 2.53. The van der Waals surface area contributed by atoms with Crippen LogP contribution in [0.1, 0.15) is 26.8 Å². The maximum atomic E-state index is 12.6. The third-order valence-electron chi connectivity index (χ3n) is 3.82. The van der Waals surface area contributed by atoms with Crippen LogP contribution in [0.25, 0.3) is 0 Å². The van der Waals surface area contributed by atoms with Gasteiger partial charge in [-0.1, -0.05) is 36.4 Å². The summed E-state index contributed by atoms with van der Waals surface area (Å²) in [7, 11) is 1.64. The Bertz CT molecular complexity index is 870. The number of hydrogen-bond acceptors (Lipinski definition) is 3. The highest BCUT2D eigenvalue weighted by molar-refractivity contribution is 7.10. The molecule has 0 aliphatic rings. The van der Waals surface area contributed by atoms with E-state index in [1.54, 1.807) is 30.6 Å². The van der Waals surface area contributed by atoms with E-state index in [0.717, 1.165) is 16.9 Å². The van der Waals surface area contributed by atoms with Crippen LogP contribution in [0, 0.1) is 0 Å². The summed E-state index contributed by atoms with van der Waals surface area (Å²) in [4.78, 5) is 25.2. The molecule has 122 valence electrons. The molecule has 0 aliphatic carbocycles. The van der Waals surface area contributed by atoms with Crippen molar-refractivity contribution < 1.29 is 4.79 Å². The maximum Gasteiger partial charge on any atom is 0.253 e. The van der Waals surface area contributed by atoms with Crippen LogP contribution < -0.4 is 10.9 Å². The SMILES string of the molecule is Cn1cc(C(=O)N[C@@H](Cc2ccccc2)c2cccs2)ccc1=O. The molecule has 3 aromatic rings. The third-order valence-corrected chi connectivity index (χ3v) is 4.81. The number of rotatable bonds is 5. The molecule has 0 bridgehead atoms. The Kier molecular flexibility index (Phi) is 4.91. The molecule has 1 aromatic carbocycles. The first-order valence-electron chi connectivity index (χ1n) is 7.68. The van der Waals surface area contributed by atoms with Crippen LogP contribution >= 0.6 is 11.3 Å². The highest BCUT2D eigenvalue weighted by Gasteiger charge is 2.17. The Morgan fingerprint density at radius 2 is 1.92 bits per heavy atom. The van der Waals surface area contributed by atoms with Gasteiger partial charge in [-0.2, -0.15) is 0 Å². The fourth-order valence-corrected chi connectivity index (χ4v) is 3.31. The summed E-state index contributed by atoms with van der Waals surface area (Å²) >= 11 is 1.62. The number of thiophene rings is 1. The van der Waals surface area contributed by atoms with Crippen molar-refractivity contribution in [2.24, 2.45) is 7.05 Å². The fraction of sp³-hybridized carbons (Fsp3) is 0.158. The molecule has 1 amide bonds. The topological polar surface area (TPSA) is 51.1 Å². The predicted molar refractivity (Wildman–Crippen MR) is 96.4 cm³/mol. The largest absolute Gasteiger partial charge is 0.344 e. The minimum Gasteiger partial charge on any atom is -0.344 e. The van der Waals surface area contributed by atoms with Crippen molar-refractivity contribution in [1.82, 2.24) is 9.88 Å². The van der Waals surface area contributed by atoms with Crippen molar-refractivity contribution in [3.05, 3.63) is 92.5 Å². The molecular formula is C19H18N2O2S. The van der Waals surface area contributed by atoms with E-state index in [2.05, 4.69) is 17.4 Å².